The summed E-state index contributed by atoms with van der Waals surface area (Å²) in [6, 6.07) is 11.4. The Labute approximate surface area is 319 Å². The number of aromatic amines is 2. The Kier molecular flexibility index (Phi) is 11.7. The second-order valence-electron chi connectivity index (χ2n) is 14.7. The van der Waals surface area contributed by atoms with Gasteiger partial charge in [0.1, 0.15) is 23.9 Å². The van der Waals surface area contributed by atoms with Gasteiger partial charge in [0.2, 0.25) is 23.7 Å². The zero-order chi connectivity index (χ0) is 39.4. The summed E-state index contributed by atoms with van der Waals surface area (Å²) < 4.78 is 9.44. The van der Waals surface area contributed by atoms with Crippen LogP contribution in [0.4, 0.5) is 15.5 Å². The summed E-state index contributed by atoms with van der Waals surface area (Å²) in [5, 5.41) is 8.13. The number of alkyl carbamates (subject to hydrolysis) is 2. The summed E-state index contributed by atoms with van der Waals surface area (Å²) in [7, 11) is 2.52. The first-order chi connectivity index (χ1) is 26.4. The number of nitrogens with zero attached hydrogens (tertiary/aromatic N) is 4. The fraction of sp³-hybridized carbons (Fsp3) is 0.462. The number of hydrogen-bond acceptors (Lipinski definition) is 9. The fourth-order valence-corrected chi connectivity index (χ4v) is 7.31. The predicted octanol–water partition coefficient (Wildman–Crippen LogP) is 4.97. The van der Waals surface area contributed by atoms with E-state index in [9.17, 15) is 24.0 Å². The van der Waals surface area contributed by atoms with Crippen molar-refractivity contribution < 1.29 is 33.4 Å². The molecule has 4 aromatic rings. The maximum Gasteiger partial charge on any atom is 0.407 e. The predicted molar refractivity (Wildman–Crippen MR) is 204 cm³/mol. The van der Waals surface area contributed by atoms with Crippen molar-refractivity contribution in [1.29, 1.82) is 0 Å². The molecule has 2 aromatic carbocycles. The van der Waals surface area contributed by atoms with Crippen LogP contribution in [0.15, 0.2) is 48.7 Å². The zero-order valence-corrected chi connectivity index (χ0v) is 32.0. The molecular formula is C39H49N9O7. The molecule has 0 spiro atoms. The van der Waals surface area contributed by atoms with Crippen molar-refractivity contribution in [3.05, 3.63) is 54.5 Å². The van der Waals surface area contributed by atoms with Crippen LogP contribution >= 0.6 is 0 Å². The lowest BCUT2D eigenvalue weighted by Gasteiger charge is -2.30. The second kappa shape index (κ2) is 16.6. The number of amides is 5. The number of carbonyl (C=O) groups is 5. The SMILES string of the molecule is COC(=O)N[C@H](C(=O)N1CCC[C@H]1C(=O)Nc1nc2cc(-c3ccc(-c4cnc([C@@H]5CCCN5C(=O)[C@@H](NC(=O)OC)C(C)C)[nH]4)cc3)ccc2[nH]1)C(C)C. The van der Waals surface area contributed by atoms with Crippen molar-refractivity contribution in [3.63, 3.8) is 0 Å². The lowest BCUT2D eigenvalue weighted by molar-refractivity contribution is -0.139. The average molecular weight is 756 g/mol. The van der Waals surface area contributed by atoms with Gasteiger partial charge in [-0.2, -0.15) is 0 Å². The van der Waals surface area contributed by atoms with Crippen LogP contribution in [0.2, 0.25) is 0 Å². The number of aromatic nitrogens is 4. The normalized spacial score (nSPS) is 18.0. The number of ether oxygens (including phenoxy) is 2. The Balaban J connectivity index is 1.11. The van der Waals surface area contributed by atoms with E-state index in [-0.39, 0.29) is 41.5 Å². The van der Waals surface area contributed by atoms with Gasteiger partial charge < -0.3 is 39.9 Å². The largest absolute Gasteiger partial charge is 0.453 e. The minimum Gasteiger partial charge on any atom is -0.453 e. The van der Waals surface area contributed by atoms with E-state index in [1.54, 1.807) is 11.1 Å². The maximum atomic E-state index is 13.5. The van der Waals surface area contributed by atoms with Crippen molar-refractivity contribution in [2.75, 3.05) is 32.6 Å². The number of methoxy groups -OCH3 is 2. The molecule has 6 rings (SSSR count). The molecule has 16 nitrogen and oxygen atoms in total. The van der Waals surface area contributed by atoms with Gasteiger partial charge in [0.15, 0.2) is 0 Å². The lowest BCUT2D eigenvalue weighted by Crippen LogP contribution is -2.54. The molecule has 55 heavy (non-hydrogen) atoms. The van der Waals surface area contributed by atoms with Gasteiger partial charge in [-0.15, -0.1) is 0 Å². The highest BCUT2D eigenvalue weighted by atomic mass is 16.5. The Morgan fingerprint density at radius 1 is 0.764 bits per heavy atom. The van der Waals surface area contributed by atoms with Gasteiger partial charge in [0, 0.05) is 13.1 Å². The van der Waals surface area contributed by atoms with Crippen LogP contribution in [-0.2, 0) is 23.9 Å². The van der Waals surface area contributed by atoms with Crippen LogP contribution in [-0.4, -0.2) is 105 Å². The van der Waals surface area contributed by atoms with Crippen molar-refractivity contribution in [1.82, 2.24) is 40.4 Å². The molecule has 0 saturated carbocycles. The van der Waals surface area contributed by atoms with E-state index in [1.807, 2.05) is 70.2 Å². The highest BCUT2D eigenvalue weighted by molar-refractivity contribution is 5.99. The summed E-state index contributed by atoms with van der Waals surface area (Å²) in [5.41, 5.74) is 5.04. The quantitative estimate of drug-likeness (QED) is 0.140. The first-order valence-electron chi connectivity index (χ1n) is 18.6. The molecule has 0 unspecified atom stereocenters. The Bertz CT molecular complexity index is 2040. The van der Waals surface area contributed by atoms with E-state index >= 15 is 0 Å². The van der Waals surface area contributed by atoms with E-state index < -0.39 is 30.3 Å². The molecule has 5 amide bonds. The van der Waals surface area contributed by atoms with Crippen LogP contribution in [0.3, 0.4) is 0 Å². The molecule has 292 valence electrons. The third-order valence-electron chi connectivity index (χ3n) is 10.3. The molecule has 2 aromatic heterocycles. The molecule has 4 heterocycles. The van der Waals surface area contributed by atoms with Crippen LogP contribution in [0.5, 0.6) is 0 Å². The molecule has 0 radical (unpaired) electrons. The summed E-state index contributed by atoms with van der Waals surface area (Å²) in [6.07, 6.45) is 3.17. The number of likely N-dealkylation sites (tertiary alicyclic amines) is 2. The highest BCUT2D eigenvalue weighted by Crippen LogP contribution is 2.33. The summed E-state index contributed by atoms with van der Waals surface area (Å²) in [5.74, 6) is -0.200. The van der Waals surface area contributed by atoms with E-state index in [1.165, 1.54) is 19.1 Å². The molecule has 5 N–H and O–H groups in total. The van der Waals surface area contributed by atoms with Gasteiger partial charge in [-0.05, 0) is 66.3 Å². The monoisotopic (exact) mass is 755 g/mol. The number of carbonyl (C=O) groups excluding carboxylic acids is 5. The number of benzene rings is 2. The fourth-order valence-electron chi connectivity index (χ4n) is 7.31. The molecule has 2 aliphatic rings. The van der Waals surface area contributed by atoms with E-state index in [0.29, 0.717) is 37.3 Å². The third kappa shape index (κ3) is 8.42. The standard InChI is InChI=1S/C39H49N9O7/c1-21(2)31(44-38(52)54-5)35(50)47-17-7-9-29(47)33-40-20-28(41-33)24-13-11-23(12-14-24)25-15-16-26-27(19-25)43-37(42-26)46-34(49)30-10-8-18-48(30)36(51)32(22(3)4)45-39(53)55-6/h11-16,19-22,29-32H,7-10,17-18H2,1-6H3,(H,40,41)(H,44,52)(H,45,53)(H2,42,43,46,49)/t29-,30-,31-,32-/m0/s1. The second-order valence-corrected chi connectivity index (χ2v) is 14.7. The number of fused-ring (bicyclic) bond motifs is 1. The minimum atomic E-state index is -0.821. The molecule has 0 aliphatic carbocycles. The van der Waals surface area contributed by atoms with Gasteiger partial charge in [0.25, 0.3) is 0 Å². The number of hydrogen-bond donors (Lipinski definition) is 5. The molecule has 4 atom stereocenters. The van der Waals surface area contributed by atoms with Gasteiger partial charge in [-0.1, -0.05) is 58.0 Å². The van der Waals surface area contributed by atoms with E-state index in [4.69, 9.17) is 9.47 Å². The topological polar surface area (TPSA) is 204 Å². The summed E-state index contributed by atoms with van der Waals surface area (Å²) >= 11 is 0. The number of imidazole rings is 2. The third-order valence-corrected chi connectivity index (χ3v) is 10.3. The first kappa shape index (κ1) is 38.8. The maximum absolute atomic E-state index is 13.5. The average Bonchev–Trinajstić information content (AvgIpc) is 4.01. The molecular weight excluding hydrogens is 706 g/mol. The molecule has 0 bridgehead atoms. The molecule has 2 fully saturated rings. The van der Waals surface area contributed by atoms with Crippen molar-refractivity contribution >= 4 is 46.9 Å². The van der Waals surface area contributed by atoms with Crippen LogP contribution in [0, 0.1) is 11.8 Å². The van der Waals surface area contributed by atoms with Gasteiger partial charge >= 0.3 is 12.2 Å². The number of rotatable bonds is 11. The van der Waals surface area contributed by atoms with E-state index in [0.717, 1.165) is 40.7 Å². The van der Waals surface area contributed by atoms with Crippen LogP contribution in [0.25, 0.3) is 33.4 Å². The van der Waals surface area contributed by atoms with Crippen molar-refractivity contribution in [3.8, 4) is 22.4 Å². The van der Waals surface area contributed by atoms with Gasteiger partial charge in [-0.25, -0.2) is 19.6 Å². The van der Waals surface area contributed by atoms with Crippen molar-refractivity contribution in [2.45, 2.75) is 77.5 Å². The highest BCUT2D eigenvalue weighted by Gasteiger charge is 2.40. The van der Waals surface area contributed by atoms with Gasteiger partial charge in [0.05, 0.1) is 43.2 Å². The van der Waals surface area contributed by atoms with Crippen LogP contribution < -0.4 is 16.0 Å². The number of H-pyrrole nitrogens is 2. The molecule has 16 heteroatoms. The first-order valence-corrected chi connectivity index (χ1v) is 18.6. The Morgan fingerprint density at radius 2 is 1.35 bits per heavy atom. The van der Waals surface area contributed by atoms with E-state index in [2.05, 4.69) is 35.9 Å². The summed E-state index contributed by atoms with van der Waals surface area (Å²) in [4.78, 5) is 83.3. The zero-order valence-electron chi connectivity index (χ0n) is 32.0. The van der Waals surface area contributed by atoms with Crippen molar-refractivity contribution in [2.24, 2.45) is 11.8 Å². The number of anilines is 1. The lowest BCUT2D eigenvalue weighted by atomic mass is 10.0. The van der Waals surface area contributed by atoms with Crippen LogP contribution in [0.1, 0.15) is 65.2 Å². The smallest absolute Gasteiger partial charge is 0.407 e. The summed E-state index contributed by atoms with van der Waals surface area (Å²) in [6.45, 7) is 8.40. The number of nitrogens with one attached hydrogen (secondary N) is 5. The Morgan fingerprint density at radius 3 is 1.98 bits per heavy atom. The minimum absolute atomic E-state index is 0.121. The molecule has 2 aliphatic heterocycles. The Hall–Kier alpha value is -5.93. The molecule has 2 saturated heterocycles. The van der Waals surface area contributed by atoms with Gasteiger partial charge in [-0.3, -0.25) is 19.7 Å².